The van der Waals surface area contributed by atoms with E-state index in [9.17, 15) is 14.4 Å². The van der Waals surface area contributed by atoms with Crippen molar-refractivity contribution in [1.29, 1.82) is 0 Å². The molecule has 8 nitrogen and oxygen atoms in total. The Balaban J connectivity index is 1.89. The fourth-order valence-electron chi connectivity index (χ4n) is 3.34. The molecule has 0 aliphatic carbocycles. The molecule has 1 aliphatic rings. The van der Waals surface area contributed by atoms with E-state index in [0.717, 1.165) is 12.0 Å². The first kappa shape index (κ1) is 22.7. The van der Waals surface area contributed by atoms with Gasteiger partial charge in [0.2, 0.25) is 11.8 Å². The monoisotopic (exact) mass is 404 g/mol. The van der Waals surface area contributed by atoms with E-state index >= 15 is 0 Å². The summed E-state index contributed by atoms with van der Waals surface area (Å²) < 4.78 is 5.24. The smallest absolute Gasteiger partial charge is 0.408 e. The van der Waals surface area contributed by atoms with Gasteiger partial charge in [-0.2, -0.15) is 0 Å². The van der Waals surface area contributed by atoms with Gasteiger partial charge in [0.1, 0.15) is 12.6 Å². The Morgan fingerprint density at radius 3 is 2.55 bits per heavy atom. The van der Waals surface area contributed by atoms with Gasteiger partial charge in [0.25, 0.3) is 0 Å². The largest absolute Gasteiger partial charge is 0.445 e. The minimum Gasteiger partial charge on any atom is -0.445 e. The molecule has 29 heavy (non-hydrogen) atoms. The maximum absolute atomic E-state index is 12.8. The van der Waals surface area contributed by atoms with Crippen LogP contribution in [0.1, 0.15) is 38.7 Å². The van der Waals surface area contributed by atoms with Gasteiger partial charge in [-0.05, 0) is 30.7 Å². The van der Waals surface area contributed by atoms with Crippen molar-refractivity contribution >= 4 is 17.9 Å². The number of nitrogens with one attached hydrogen (secondary N) is 3. The van der Waals surface area contributed by atoms with E-state index in [0.29, 0.717) is 19.4 Å². The Bertz CT molecular complexity index is 681. The van der Waals surface area contributed by atoms with Crippen LogP contribution >= 0.6 is 0 Å². The summed E-state index contributed by atoms with van der Waals surface area (Å²) in [7, 11) is 0. The molecule has 0 radical (unpaired) electrons. The zero-order valence-corrected chi connectivity index (χ0v) is 17.1. The van der Waals surface area contributed by atoms with Crippen LogP contribution in [-0.2, 0) is 20.9 Å². The lowest BCUT2D eigenvalue weighted by molar-refractivity contribution is -0.126. The lowest BCUT2D eigenvalue weighted by Crippen LogP contribution is -2.52. The van der Waals surface area contributed by atoms with E-state index in [1.165, 1.54) is 0 Å². The van der Waals surface area contributed by atoms with Crippen LogP contribution in [0.5, 0.6) is 0 Å². The molecule has 3 amide bonds. The van der Waals surface area contributed by atoms with E-state index in [2.05, 4.69) is 16.0 Å². The van der Waals surface area contributed by atoms with Crippen molar-refractivity contribution in [3.63, 3.8) is 0 Å². The predicted octanol–water partition coefficient (Wildman–Crippen LogP) is 1.30. The summed E-state index contributed by atoms with van der Waals surface area (Å²) in [4.78, 5) is 36.8. The van der Waals surface area contributed by atoms with Crippen LogP contribution in [0.2, 0.25) is 0 Å². The van der Waals surface area contributed by atoms with E-state index in [-0.39, 0.29) is 42.8 Å². The quantitative estimate of drug-likeness (QED) is 0.468. The molecule has 5 N–H and O–H groups in total. The Hall–Kier alpha value is -2.61. The standard InChI is InChI=1S/C21H32N4O4/c1-14(2)10-18(25-21(28)29-13-15-6-4-3-5-7-15)20(27)24-17(12-22)11-16-8-9-23-19(16)26/h3-7,14,16-18H,8-13,22H2,1-2H3,(H,23,26)(H,24,27)(H,25,28)/t16?,17-,18-/m1/s1. The summed E-state index contributed by atoms with van der Waals surface area (Å²) >= 11 is 0. The number of amides is 3. The molecule has 1 saturated heterocycles. The Morgan fingerprint density at radius 1 is 1.24 bits per heavy atom. The SMILES string of the molecule is CC(C)C[C@@H](NC(=O)OCc1ccccc1)C(=O)N[C@@H](CN)CC1CCNC1=O. The van der Waals surface area contributed by atoms with Gasteiger partial charge in [0.15, 0.2) is 0 Å². The van der Waals surface area contributed by atoms with Crippen LogP contribution in [0.4, 0.5) is 4.79 Å². The molecule has 3 atom stereocenters. The molecule has 0 spiro atoms. The van der Waals surface area contributed by atoms with Crippen LogP contribution < -0.4 is 21.7 Å². The third-order valence-electron chi connectivity index (χ3n) is 4.89. The van der Waals surface area contributed by atoms with Crippen LogP contribution in [0.3, 0.4) is 0 Å². The molecule has 1 aliphatic heterocycles. The molecular formula is C21H32N4O4. The molecule has 1 aromatic carbocycles. The van der Waals surface area contributed by atoms with Gasteiger partial charge >= 0.3 is 6.09 Å². The van der Waals surface area contributed by atoms with Crippen molar-refractivity contribution in [3.8, 4) is 0 Å². The van der Waals surface area contributed by atoms with Crippen molar-refractivity contribution in [3.05, 3.63) is 35.9 Å². The highest BCUT2D eigenvalue weighted by molar-refractivity contribution is 5.86. The fraction of sp³-hybridized carbons (Fsp3) is 0.571. The maximum atomic E-state index is 12.8. The van der Waals surface area contributed by atoms with Crippen molar-refractivity contribution < 1.29 is 19.1 Å². The van der Waals surface area contributed by atoms with Gasteiger partial charge in [-0.1, -0.05) is 44.2 Å². The molecular weight excluding hydrogens is 372 g/mol. The first-order valence-electron chi connectivity index (χ1n) is 10.1. The van der Waals surface area contributed by atoms with E-state index < -0.39 is 12.1 Å². The van der Waals surface area contributed by atoms with Crippen molar-refractivity contribution in [1.82, 2.24) is 16.0 Å². The molecule has 0 bridgehead atoms. The molecule has 2 rings (SSSR count). The van der Waals surface area contributed by atoms with Gasteiger partial charge in [0.05, 0.1) is 0 Å². The summed E-state index contributed by atoms with van der Waals surface area (Å²) in [5.74, 6) is -0.267. The van der Waals surface area contributed by atoms with Gasteiger partial charge in [-0.3, -0.25) is 9.59 Å². The lowest BCUT2D eigenvalue weighted by atomic mass is 9.97. The summed E-state index contributed by atoms with van der Waals surface area (Å²) in [6, 6.07) is 8.27. The van der Waals surface area contributed by atoms with Gasteiger partial charge in [-0.25, -0.2) is 4.79 Å². The molecule has 160 valence electrons. The summed E-state index contributed by atoms with van der Waals surface area (Å²) in [6.45, 7) is 4.95. The average Bonchev–Trinajstić information content (AvgIpc) is 3.10. The number of carbonyl (C=O) groups excluding carboxylic acids is 3. The number of hydrogen-bond donors (Lipinski definition) is 4. The third-order valence-corrected chi connectivity index (χ3v) is 4.89. The number of carbonyl (C=O) groups is 3. The first-order chi connectivity index (χ1) is 13.9. The van der Waals surface area contributed by atoms with Gasteiger partial charge in [0, 0.05) is 25.0 Å². The van der Waals surface area contributed by atoms with E-state index in [1.54, 1.807) is 0 Å². The normalized spacial score (nSPS) is 18.1. The number of nitrogens with two attached hydrogens (primary N) is 1. The number of rotatable bonds is 10. The van der Waals surface area contributed by atoms with Crippen molar-refractivity contribution in [2.75, 3.05) is 13.1 Å². The second kappa shape index (κ2) is 11.4. The maximum Gasteiger partial charge on any atom is 0.408 e. The highest BCUT2D eigenvalue weighted by Crippen LogP contribution is 2.16. The lowest BCUT2D eigenvalue weighted by Gasteiger charge is -2.24. The predicted molar refractivity (Wildman–Crippen MR) is 110 cm³/mol. The molecule has 1 heterocycles. The minimum absolute atomic E-state index is 0.000885. The van der Waals surface area contributed by atoms with Crippen molar-refractivity contribution in [2.45, 2.75) is 51.8 Å². The van der Waals surface area contributed by atoms with Crippen LogP contribution in [0.15, 0.2) is 30.3 Å². The third kappa shape index (κ3) is 7.73. The molecule has 0 aromatic heterocycles. The molecule has 0 saturated carbocycles. The molecule has 1 fully saturated rings. The first-order valence-corrected chi connectivity index (χ1v) is 10.1. The summed E-state index contributed by atoms with van der Waals surface area (Å²) in [6.07, 6.45) is 1.05. The highest BCUT2D eigenvalue weighted by atomic mass is 16.5. The van der Waals surface area contributed by atoms with E-state index in [4.69, 9.17) is 10.5 Å². The zero-order valence-electron chi connectivity index (χ0n) is 17.1. The zero-order chi connectivity index (χ0) is 21.2. The fourth-order valence-corrected chi connectivity index (χ4v) is 3.34. The number of hydrogen-bond acceptors (Lipinski definition) is 5. The molecule has 1 aromatic rings. The molecule has 1 unspecified atom stereocenters. The Kier molecular flexibility index (Phi) is 8.92. The number of benzene rings is 1. The van der Waals surface area contributed by atoms with Crippen LogP contribution in [0, 0.1) is 11.8 Å². The van der Waals surface area contributed by atoms with Crippen LogP contribution in [-0.4, -0.2) is 43.1 Å². The Morgan fingerprint density at radius 2 is 1.97 bits per heavy atom. The second-order valence-electron chi connectivity index (χ2n) is 7.84. The topological polar surface area (TPSA) is 123 Å². The summed E-state index contributed by atoms with van der Waals surface area (Å²) in [5.41, 5.74) is 6.67. The van der Waals surface area contributed by atoms with E-state index in [1.807, 2.05) is 44.2 Å². The Labute approximate surface area is 171 Å². The molecule has 8 heteroatoms. The number of alkyl carbamates (subject to hydrolysis) is 1. The van der Waals surface area contributed by atoms with Crippen LogP contribution in [0.25, 0.3) is 0 Å². The summed E-state index contributed by atoms with van der Waals surface area (Å²) in [5, 5.41) is 8.33. The van der Waals surface area contributed by atoms with Gasteiger partial charge in [-0.15, -0.1) is 0 Å². The van der Waals surface area contributed by atoms with Crippen molar-refractivity contribution in [2.24, 2.45) is 17.6 Å². The minimum atomic E-state index is -0.732. The second-order valence-corrected chi connectivity index (χ2v) is 7.84. The average molecular weight is 405 g/mol. The number of ether oxygens (including phenoxy) is 1. The highest BCUT2D eigenvalue weighted by Gasteiger charge is 2.29. The van der Waals surface area contributed by atoms with Gasteiger partial charge < -0.3 is 26.4 Å².